The SMILES string of the molecule is CCCC(NC(=O)N(CC)CC(CC)CC)C(=O)O. The molecule has 2 N–H and O–H groups in total. The summed E-state index contributed by atoms with van der Waals surface area (Å²) >= 11 is 0. The molecule has 5 nitrogen and oxygen atoms in total. The second kappa shape index (κ2) is 9.64. The topological polar surface area (TPSA) is 69.6 Å². The van der Waals surface area contributed by atoms with Crippen LogP contribution in [-0.4, -0.2) is 41.1 Å². The number of amides is 2. The van der Waals surface area contributed by atoms with Crippen molar-refractivity contribution in [3.8, 4) is 0 Å². The van der Waals surface area contributed by atoms with Crippen LogP contribution in [0, 0.1) is 5.92 Å². The molecule has 0 heterocycles. The summed E-state index contributed by atoms with van der Waals surface area (Å²) in [7, 11) is 0. The molecule has 1 unspecified atom stereocenters. The van der Waals surface area contributed by atoms with Crippen molar-refractivity contribution in [3.63, 3.8) is 0 Å². The fourth-order valence-corrected chi connectivity index (χ4v) is 2.00. The van der Waals surface area contributed by atoms with Crippen LogP contribution in [0.25, 0.3) is 0 Å². The Balaban J connectivity index is 4.52. The summed E-state index contributed by atoms with van der Waals surface area (Å²) in [4.78, 5) is 24.8. The van der Waals surface area contributed by atoms with E-state index in [4.69, 9.17) is 5.11 Å². The predicted molar refractivity (Wildman–Crippen MR) is 76.2 cm³/mol. The Labute approximate surface area is 116 Å². The molecular formula is C14H28N2O3. The number of hydrogen-bond donors (Lipinski definition) is 2. The number of carbonyl (C=O) groups excluding carboxylic acids is 1. The molecule has 0 aliphatic carbocycles. The molecule has 112 valence electrons. The lowest BCUT2D eigenvalue weighted by molar-refractivity contribution is -0.139. The molecule has 0 aromatic carbocycles. The minimum Gasteiger partial charge on any atom is -0.480 e. The van der Waals surface area contributed by atoms with Gasteiger partial charge in [-0.25, -0.2) is 9.59 Å². The van der Waals surface area contributed by atoms with Crippen molar-refractivity contribution in [2.45, 2.75) is 59.4 Å². The zero-order valence-corrected chi connectivity index (χ0v) is 12.6. The van der Waals surface area contributed by atoms with Crippen LogP contribution in [0.4, 0.5) is 4.79 Å². The van der Waals surface area contributed by atoms with E-state index in [1.54, 1.807) is 4.90 Å². The average molecular weight is 272 g/mol. The normalized spacial score (nSPS) is 12.3. The molecule has 0 saturated heterocycles. The number of carboxylic acids is 1. The van der Waals surface area contributed by atoms with Crippen LogP contribution in [0.2, 0.25) is 0 Å². The Hall–Kier alpha value is -1.26. The van der Waals surface area contributed by atoms with Gasteiger partial charge < -0.3 is 15.3 Å². The summed E-state index contributed by atoms with van der Waals surface area (Å²) < 4.78 is 0. The Morgan fingerprint density at radius 1 is 1.16 bits per heavy atom. The maximum absolute atomic E-state index is 12.1. The highest BCUT2D eigenvalue weighted by Gasteiger charge is 2.22. The number of hydrogen-bond acceptors (Lipinski definition) is 2. The molecule has 2 amide bonds. The van der Waals surface area contributed by atoms with Crippen molar-refractivity contribution in [2.75, 3.05) is 13.1 Å². The van der Waals surface area contributed by atoms with Crippen LogP contribution in [0.1, 0.15) is 53.4 Å². The summed E-state index contributed by atoms with van der Waals surface area (Å²) in [6.45, 7) is 9.32. The minimum atomic E-state index is -0.964. The first kappa shape index (κ1) is 17.7. The van der Waals surface area contributed by atoms with E-state index in [-0.39, 0.29) is 6.03 Å². The lowest BCUT2D eigenvalue weighted by Gasteiger charge is -2.27. The van der Waals surface area contributed by atoms with Crippen LogP contribution in [-0.2, 0) is 4.79 Å². The maximum atomic E-state index is 12.1. The Kier molecular flexibility index (Phi) is 9.00. The first-order valence-electron chi connectivity index (χ1n) is 7.28. The van der Waals surface area contributed by atoms with Crippen LogP contribution >= 0.6 is 0 Å². The van der Waals surface area contributed by atoms with Gasteiger partial charge in [-0.1, -0.05) is 40.0 Å². The first-order valence-corrected chi connectivity index (χ1v) is 7.28. The molecule has 0 bridgehead atoms. The Morgan fingerprint density at radius 3 is 2.11 bits per heavy atom. The summed E-state index contributed by atoms with van der Waals surface area (Å²) in [5, 5.41) is 11.7. The highest BCUT2D eigenvalue weighted by molar-refractivity contribution is 5.82. The number of carbonyl (C=O) groups is 2. The third-order valence-electron chi connectivity index (χ3n) is 3.48. The molecule has 0 aromatic rings. The third-order valence-corrected chi connectivity index (χ3v) is 3.48. The van der Waals surface area contributed by atoms with Gasteiger partial charge in [-0.2, -0.15) is 0 Å². The fraction of sp³-hybridized carbons (Fsp3) is 0.857. The zero-order valence-electron chi connectivity index (χ0n) is 12.6. The van der Waals surface area contributed by atoms with E-state index >= 15 is 0 Å². The van der Waals surface area contributed by atoms with Gasteiger partial charge in [0.2, 0.25) is 0 Å². The van der Waals surface area contributed by atoms with Crippen molar-refractivity contribution in [1.29, 1.82) is 0 Å². The molecule has 0 saturated carbocycles. The van der Waals surface area contributed by atoms with Crippen molar-refractivity contribution in [1.82, 2.24) is 10.2 Å². The number of urea groups is 1. The lowest BCUT2D eigenvalue weighted by Crippen LogP contribution is -2.49. The van der Waals surface area contributed by atoms with Crippen molar-refractivity contribution in [2.24, 2.45) is 5.92 Å². The van der Waals surface area contributed by atoms with Crippen LogP contribution < -0.4 is 5.32 Å². The molecule has 0 aliphatic heterocycles. The van der Waals surface area contributed by atoms with Crippen molar-refractivity contribution < 1.29 is 14.7 Å². The van der Waals surface area contributed by atoms with Gasteiger partial charge >= 0.3 is 12.0 Å². The Bertz CT molecular complexity index is 278. The molecular weight excluding hydrogens is 244 g/mol. The van der Waals surface area contributed by atoms with E-state index < -0.39 is 12.0 Å². The number of nitrogens with zero attached hydrogens (tertiary/aromatic N) is 1. The second-order valence-electron chi connectivity index (χ2n) is 4.85. The van der Waals surface area contributed by atoms with E-state index in [1.807, 2.05) is 13.8 Å². The minimum absolute atomic E-state index is 0.268. The van der Waals surface area contributed by atoms with Gasteiger partial charge in [0.15, 0.2) is 0 Å². The zero-order chi connectivity index (χ0) is 14.8. The van der Waals surface area contributed by atoms with Crippen molar-refractivity contribution in [3.05, 3.63) is 0 Å². The van der Waals surface area contributed by atoms with E-state index in [9.17, 15) is 9.59 Å². The standard InChI is InChI=1S/C14H28N2O3/c1-5-9-12(13(17)18)15-14(19)16(8-4)10-11(6-2)7-3/h11-12H,5-10H2,1-4H3,(H,15,19)(H,17,18). The lowest BCUT2D eigenvalue weighted by atomic mass is 10.0. The highest BCUT2D eigenvalue weighted by Crippen LogP contribution is 2.10. The van der Waals surface area contributed by atoms with Gasteiger partial charge in [0.05, 0.1) is 0 Å². The number of carboxylic acid groups (broad SMARTS) is 1. The van der Waals surface area contributed by atoms with Gasteiger partial charge in [0.25, 0.3) is 0 Å². The smallest absolute Gasteiger partial charge is 0.326 e. The third kappa shape index (κ3) is 6.45. The van der Waals surface area contributed by atoms with Crippen molar-refractivity contribution >= 4 is 12.0 Å². The van der Waals surface area contributed by atoms with Gasteiger partial charge in [0.1, 0.15) is 6.04 Å². The Morgan fingerprint density at radius 2 is 1.74 bits per heavy atom. The molecule has 0 fully saturated rings. The van der Waals surface area contributed by atoms with Crippen LogP contribution in [0.3, 0.4) is 0 Å². The molecule has 0 aliphatic rings. The molecule has 0 spiro atoms. The van der Waals surface area contributed by atoms with Gasteiger partial charge in [0, 0.05) is 13.1 Å². The number of rotatable bonds is 9. The summed E-state index contributed by atoms with van der Waals surface area (Å²) in [5.41, 5.74) is 0. The van der Waals surface area contributed by atoms with E-state index in [0.717, 1.165) is 19.3 Å². The van der Waals surface area contributed by atoms with Gasteiger partial charge in [-0.05, 0) is 19.3 Å². The van der Waals surface area contributed by atoms with E-state index in [2.05, 4.69) is 19.2 Å². The average Bonchev–Trinajstić information content (AvgIpc) is 2.39. The highest BCUT2D eigenvalue weighted by atomic mass is 16.4. The molecule has 5 heteroatoms. The molecule has 0 rings (SSSR count). The summed E-state index contributed by atoms with van der Waals surface area (Å²) in [5.74, 6) is -0.492. The van der Waals surface area contributed by atoms with Crippen LogP contribution in [0.15, 0.2) is 0 Å². The first-order chi connectivity index (χ1) is 8.99. The summed E-state index contributed by atoms with van der Waals surface area (Å²) in [6.07, 6.45) is 3.24. The molecule has 1 atom stereocenters. The quantitative estimate of drug-likeness (QED) is 0.678. The summed E-state index contributed by atoms with van der Waals surface area (Å²) in [6, 6.07) is -1.05. The largest absolute Gasteiger partial charge is 0.480 e. The maximum Gasteiger partial charge on any atom is 0.326 e. The van der Waals surface area contributed by atoms with Gasteiger partial charge in [-0.15, -0.1) is 0 Å². The fourth-order valence-electron chi connectivity index (χ4n) is 2.00. The van der Waals surface area contributed by atoms with E-state index in [0.29, 0.717) is 25.4 Å². The second-order valence-corrected chi connectivity index (χ2v) is 4.85. The predicted octanol–water partition coefficient (Wildman–Crippen LogP) is 2.71. The molecule has 0 radical (unpaired) electrons. The monoisotopic (exact) mass is 272 g/mol. The number of nitrogens with one attached hydrogen (secondary N) is 1. The molecule has 0 aromatic heterocycles. The van der Waals surface area contributed by atoms with Crippen LogP contribution in [0.5, 0.6) is 0 Å². The molecule has 19 heavy (non-hydrogen) atoms. The van der Waals surface area contributed by atoms with E-state index in [1.165, 1.54) is 0 Å². The van der Waals surface area contributed by atoms with Gasteiger partial charge in [-0.3, -0.25) is 0 Å². The number of aliphatic carboxylic acids is 1.